The highest BCUT2D eigenvalue weighted by atomic mass is 35.5. The topological polar surface area (TPSA) is 22.1 Å². The summed E-state index contributed by atoms with van der Waals surface area (Å²) in [7, 11) is 1.55. The molecule has 1 aromatic heterocycles. The molecule has 0 N–H and O–H groups in total. The second-order valence-corrected chi connectivity index (χ2v) is 5.93. The highest BCUT2D eigenvalue weighted by Gasteiger charge is 2.30. The Morgan fingerprint density at radius 3 is 2.37 bits per heavy atom. The van der Waals surface area contributed by atoms with Crippen LogP contribution in [0.25, 0.3) is 22.3 Å². The number of nitrogens with zero attached hydrogens (tertiary/aromatic N) is 1. The predicted molar refractivity (Wildman–Crippen MR) is 103 cm³/mol. The molecule has 2 aromatic carbocycles. The minimum atomic E-state index is -4.38. The largest absolute Gasteiger partial charge is 0.496 e. The number of aromatic nitrogens is 1. The number of methoxy groups -OCH3 is 1. The molecule has 0 amide bonds. The lowest BCUT2D eigenvalue weighted by molar-refractivity contribution is -0.137. The number of ether oxygens (including phenoxy) is 1. The maximum Gasteiger partial charge on any atom is 0.416 e. The van der Waals surface area contributed by atoms with E-state index in [1.807, 2.05) is 18.2 Å². The lowest BCUT2D eigenvalue weighted by Gasteiger charge is -2.13. The van der Waals surface area contributed by atoms with Gasteiger partial charge in [0.25, 0.3) is 0 Å². The van der Waals surface area contributed by atoms with Gasteiger partial charge in [-0.15, -0.1) is 24.0 Å². The number of benzene rings is 2. The molecule has 1 heterocycles. The van der Waals surface area contributed by atoms with E-state index >= 15 is 0 Å². The van der Waals surface area contributed by atoms with Crippen LogP contribution in [0.2, 0.25) is 0 Å². The number of pyridine rings is 1. The normalized spacial score (nSPS) is 11.0. The van der Waals surface area contributed by atoms with Crippen LogP contribution in [-0.4, -0.2) is 12.1 Å². The molecule has 2 nitrogen and oxygen atoms in total. The van der Waals surface area contributed by atoms with Gasteiger partial charge in [0.05, 0.1) is 24.2 Å². The van der Waals surface area contributed by atoms with E-state index in [1.54, 1.807) is 31.5 Å². The molecule has 3 aromatic rings. The zero-order valence-electron chi connectivity index (χ0n) is 14.3. The van der Waals surface area contributed by atoms with Crippen molar-refractivity contribution in [2.75, 3.05) is 7.11 Å². The van der Waals surface area contributed by atoms with Gasteiger partial charge >= 0.3 is 6.18 Å². The average Bonchev–Trinajstić information content (AvgIpc) is 2.67. The summed E-state index contributed by atoms with van der Waals surface area (Å²) in [6.07, 6.45) is -2.74. The van der Waals surface area contributed by atoms with Crippen LogP contribution in [-0.2, 0) is 12.1 Å². The third kappa shape index (κ3) is 4.73. The van der Waals surface area contributed by atoms with E-state index in [-0.39, 0.29) is 18.3 Å². The summed E-state index contributed by atoms with van der Waals surface area (Å²) in [5.74, 6) is 0.885. The quantitative estimate of drug-likeness (QED) is 0.449. The Balaban J connectivity index is 0.00000261. The molecule has 0 aliphatic carbocycles. The van der Waals surface area contributed by atoms with Gasteiger partial charge in [0, 0.05) is 11.8 Å². The Kier molecular flexibility index (Phi) is 6.73. The van der Waals surface area contributed by atoms with E-state index in [4.69, 9.17) is 16.3 Å². The summed E-state index contributed by atoms with van der Waals surface area (Å²) in [5, 5.41) is 0. The summed E-state index contributed by atoms with van der Waals surface area (Å²) in [5.41, 5.74) is 2.76. The highest BCUT2D eigenvalue weighted by Crippen LogP contribution is 2.36. The lowest BCUT2D eigenvalue weighted by Crippen LogP contribution is -2.04. The van der Waals surface area contributed by atoms with E-state index in [9.17, 15) is 13.2 Å². The van der Waals surface area contributed by atoms with Gasteiger partial charge in [-0.3, -0.25) is 4.98 Å². The van der Waals surface area contributed by atoms with Gasteiger partial charge in [-0.25, -0.2) is 0 Å². The molecule has 142 valence electrons. The molecule has 0 spiro atoms. The Morgan fingerprint density at radius 2 is 1.70 bits per heavy atom. The van der Waals surface area contributed by atoms with E-state index in [0.29, 0.717) is 22.6 Å². The van der Waals surface area contributed by atoms with Crippen molar-refractivity contribution in [3.8, 4) is 28.0 Å². The fourth-order valence-electron chi connectivity index (χ4n) is 2.71. The first-order valence-electron chi connectivity index (χ1n) is 7.79. The minimum absolute atomic E-state index is 0. The van der Waals surface area contributed by atoms with Crippen molar-refractivity contribution >= 4 is 24.0 Å². The number of hydrogen-bond donors (Lipinski definition) is 0. The third-order valence-corrected chi connectivity index (χ3v) is 4.26. The molecule has 0 radical (unpaired) electrons. The third-order valence-electron chi connectivity index (χ3n) is 3.99. The molecule has 0 fully saturated rings. The van der Waals surface area contributed by atoms with Crippen LogP contribution in [0.4, 0.5) is 13.2 Å². The summed E-state index contributed by atoms with van der Waals surface area (Å²) >= 11 is 5.85. The van der Waals surface area contributed by atoms with Gasteiger partial charge in [0.1, 0.15) is 5.75 Å². The van der Waals surface area contributed by atoms with Crippen molar-refractivity contribution in [2.45, 2.75) is 12.1 Å². The Morgan fingerprint density at radius 1 is 0.963 bits per heavy atom. The molecule has 0 bridgehead atoms. The van der Waals surface area contributed by atoms with Crippen molar-refractivity contribution in [1.82, 2.24) is 4.98 Å². The zero-order valence-corrected chi connectivity index (χ0v) is 15.8. The van der Waals surface area contributed by atoms with Crippen molar-refractivity contribution in [2.24, 2.45) is 0 Å². The monoisotopic (exact) mass is 413 g/mol. The molecule has 0 unspecified atom stereocenters. The number of alkyl halides is 4. The van der Waals surface area contributed by atoms with E-state index in [1.165, 1.54) is 6.07 Å². The fraction of sp³-hybridized carbons (Fsp3) is 0.150. The van der Waals surface area contributed by atoms with Gasteiger partial charge in [0.15, 0.2) is 0 Å². The van der Waals surface area contributed by atoms with Crippen LogP contribution in [0.3, 0.4) is 0 Å². The van der Waals surface area contributed by atoms with E-state index in [0.717, 1.165) is 23.3 Å². The molecule has 3 rings (SSSR count). The second-order valence-electron chi connectivity index (χ2n) is 5.66. The molecule has 0 atom stereocenters. The van der Waals surface area contributed by atoms with Crippen molar-refractivity contribution < 1.29 is 17.9 Å². The zero-order chi connectivity index (χ0) is 18.7. The minimum Gasteiger partial charge on any atom is -0.496 e. The number of halogens is 5. The van der Waals surface area contributed by atoms with Crippen molar-refractivity contribution in [1.29, 1.82) is 0 Å². The molecule has 27 heavy (non-hydrogen) atoms. The SMILES string of the molecule is COc1ccc(-c2cccc(C(F)(F)F)c2)cc1-c1ccnc(CCl)c1.Cl. The summed E-state index contributed by atoms with van der Waals surface area (Å²) in [6.45, 7) is 0. The van der Waals surface area contributed by atoms with Crippen molar-refractivity contribution in [3.63, 3.8) is 0 Å². The molecule has 0 aliphatic heterocycles. The first-order valence-corrected chi connectivity index (χ1v) is 8.33. The van der Waals surface area contributed by atoms with Gasteiger partial charge in [-0.1, -0.05) is 18.2 Å². The van der Waals surface area contributed by atoms with Gasteiger partial charge < -0.3 is 4.74 Å². The van der Waals surface area contributed by atoms with Crippen LogP contribution >= 0.6 is 24.0 Å². The van der Waals surface area contributed by atoms with Crippen molar-refractivity contribution in [3.05, 3.63) is 72.1 Å². The second kappa shape index (κ2) is 8.63. The van der Waals surface area contributed by atoms with Gasteiger partial charge in [0.2, 0.25) is 0 Å². The first-order chi connectivity index (χ1) is 12.4. The van der Waals surface area contributed by atoms with E-state index < -0.39 is 11.7 Å². The molecule has 0 saturated carbocycles. The Labute approximate surface area is 166 Å². The van der Waals surface area contributed by atoms with E-state index in [2.05, 4.69) is 4.98 Å². The Bertz CT molecular complexity index is 929. The summed E-state index contributed by atoms with van der Waals surface area (Å²) in [4.78, 5) is 4.16. The summed E-state index contributed by atoms with van der Waals surface area (Å²) < 4.78 is 44.4. The van der Waals surface area contributed by atoms with Crippen LogP contribution < -0.4 is 4.74 Å². The van der Waals surface area contributed by atoms with Crippen LogP contribution in [0.5, 0.6) is 5.75 Å². The predicted octanol–water partition coefficient (Wildman–Crippen LogP) is 6.60. The highest BCUT2D eigenvalue weighted by molar-refractivity contribution is 6.16. The Hall–Kier alpha value is -2.24. The summed E-state index contributed by atoms with van der Waals surface area (Å²) in [6, 6.07) is 14.2. The molecular formula is C20H16Cl2F3NO. The first kappa shape index (κ1) is 21.1. The average molecular weight is 414 g/mol. The maximum atomic E-state index is 13.0. The maximum absolute atomic E-state index is 13.0. The van der Waals surface area contributed by atoms with Gasteiger partial charge in [-0.2, -0.15) is 13.2 Å². The number of hydrogen-bond acceptors (Lipinski definition) is 2. The molecular weight excluding hydrogens is 398 g/mol. The van der Waals surface area contributed by atoms with Crippen LogP contribution in [0, 0.1) is 0 Å². The van der Waals surface area contributed by atoms with Gasteiger partial charge in [-0.05, 0) is 53.1 Å². The van der Waals surface area contributed by atoms with Crippen LogP contribution in [0.1, 0.15) is 11.3 Å². The molecule has 0 saturated heterocycles. The van der Waals surface area contributed by atoms with Crippen LogP contribution in [0.15, 0.2) is 60.8 Å². The lowest BCUT2D eigenvalue weighted by atomic mass is 9.97. The molecule has 0 aliphatic rings. The molecule has 7 heteroatoms. The fourth-order valence-corrected chi connectivity index (χ4v) is 2.85. The number of rotatable bonds is 4. The standard InChI is InChI=1S/C20H15ClF3NO.ClH/c1-26-19-6-5-14(13-3-2-4-16(9-13)20(22,23)24)11-18(19)15-7-8-25-17(10-15)12-21;/h2-11H,12H2,1H3;1H. The smallest absolute Gasteiger partial charge is 0.416 e.